The van der Waals surface area contributed by atoms with Gasteiger partial charge in [-0.3, -0.25) is 4.79 Å². The average Bonchev–Trinajstić information content (AvgIpc) is 3.16. The highest BCUT2D eigenvalue weighted by Gasteiger charge is 2.27. The van der Waals surface area contributed by atoms with Crippen LogP contribution in [0.5, 0.6) is 0 Å². The van der Waals surface area contributed by atoms with E-state index in [9.17, 15) is 13.2 Å². The SMILES string of the molecule is C[C@@H](C[C@H]1CC[C@@H](c2ccc(CC(=O)CCCS(N)(=O)=O)cc2)C1)c1cccc(Cl)c1. The average molecular weight is 462 g/mol. The van der Waals surface area contributed by atoms with Crippen LogP contribution in [0.3, 0.4) is 0 Å². The molecule has 1 fully saturated rings. The van der Waals surface area contributed by atoms with Gasteiger partial charge in [-0.25, -0.2) is 13.6 Å². The highest BCUT2D eigenvalue weighted by atomic mass is 35.5. The van der Waals surface area contributed by atoms with Crippen molar-refractivity contribution in [3.8, 4) is 0 Å². The molecule has 2 aromatic rings. The van der Waals surface area contributed by atoms with Crippen LogP contribution >= 0.6 is 11.6 Å². The van der Waals surface area contributed by atoms with E-state index < -0.39 is 10.0 Å². The summed E-state index contributed by atoms with van der Waals surface area (Å²) >= 11 is 6.15. The first kappa shape index (κ1) is 24.0. The van der Waals surface area contributed by atoms with Gasteiger partial charge >= 0.3 is 0 Å². The van der Waals surface area contributed by atoms with E-state index in [1.807, 2.05) is 24.3 Å². The second-order valence-electron chi connectivity index (χ2n) is 9.00. The van der Waals surface area contributed by atoms with E-state index in [1.165, 1.54) is 36.8 Å². The Morgan fingerprint density at radius 3 is 2.58 bits per heavy atom. The molecule has 0 aliphatic heterocycles. The predicted molar refractivity (Wildman–Crippen MR) is 127 cm³/mol. The maximum atomic E-state index is 12.1. The predicted octanol–water partition coefficient (Wildman–Crippen LogP) is 5.60. The zero-order valence-corrected chi connectivity index (χ0v) is 19.7. The Morgan fingerprint density at radius 1 is 1.16 bits per heavy atom. The Labute approximate surface area is 191 Å². The van der Waals surface area contributed by atoms with Crippen molar-refractivity contribution in [3.05, 3.63) is 70.2 Å². The largest absolute Gasteiger partial charge is 0.299 e. The van der Waals surface area contributed by atoms with Crippen molar-refractivity contribution >= 4 is 27.4 Å². The number of hydrogen-bond donors (Lipinski definition) is 1. The number of carbonyl (C=O) groups excluding carboxylic acids is 1. The first-order valence-corrected chi connectivity index (χ1v) is 13.2. The molecule has 0 radical (unpaired) electrons. The molecule has 3 atom stereocenters. The second kappa shape index (κ2) is 10.8. The lowest BCUT2D eigenvalue weighted by atomic mass is 9.88. The Hall–Kier alpha value is -1.69. The Balaban J connectivity index is 1.47. The van der Waals surface area contributed by atoms with E-state index in [4.69, 9.17) is 16.7 Å². The smallest absolute Gasteiger partial charge is 0.209 e. The molecule has 31 heavy (non-hydrogen) atoms. The van der Waals surface area contributed by atoms with Gasteiger partial charge in [-0.1, -0.05) is 54.9 Å². The molecule has 0 saturated heterocycles. The van der Waals surface area contributed by atoms with Gasteiger partial charge in [-0.2, -0.15) is 0 Å². The van der Waals surface area contributed by atoms with Crippen LogP contribution in [0.4, 0.5) is 0 Å². The monoisotopic (exact) mass is 461 g/mol. The second-order valence-corrected chi connectivity index (χ2v) is 11.2. The van der Waals surface area contributed by atoms with Crippen LogP contribution in [0.2, 0.25) is 5.02 Å². The van der Waals surface area contributed by atoms with Gasteiger partial charge in [0.1, 0.15) is 5.78 Å². The number of rotatable bonds is 10. The minimum absolute atomic E-state index is 0.0485. The highest BCUT2D eigenvalue weighted by molar-refractivity contribution is 7.89. The molecule has 0 unspecified atom stereocenters. The summed E-state index contributed by atoms with van der Waals surface area (Å²) < 4.78 is 21.9. The van der Waals surface area contributed by atoms with Crippen LogP contribution in [-0.2, 0) is 21.2 Å². The van der Waals surface area contributed by atoms with E-state index in [0.717, 1.165) is 16.5 Å². The molecule has 0 aromatic heterocycles. The number of halogens is 1. The number of ketones is 1. The highest BCUT2D eigenvalue weighted by Crippen LogP contribution is 2.42. The third-order valence-electron chi connectivity index (χ3n) is 6.38. The van der Waals surface area contributed by atoms with Crippen molar-refractivity contribution in [2.24, 2.45) is 11.1 Å². The summed E-state index contributed by atoms with van der Waals surface area (Å²) in [6, 6.07) is 16.6. The topological polar surface area (TPSA) is 77.2 Å². The fourth-order valence-electron chi connectivity index (χ4n) is 4.74. The number of primary sulfonamides is 1. The Kier molecular flexibility index (Phi) is 8.31. The summed E-state index contributed by atoms with van der Waals surface area (Å²) in [6.45, 7) is 2.29. The van der Waals surface area contributed by atoms with E-state index in [2.05, 4.69) is 31.2 Å². The van der Waals surface area contributed by atoms with Crippen LogP contribution < -0.4 is 5.14 Å². The number of hydrogen-bond acceptors (Lipinski definition) is 3. The first-order chi connectivity index (χ1) is 14.7. The van der Waals surface area contributed by atoms with Gasteiger partial charge < -0.3 is 0 Å². The summed E-state index contributed by atoms with van der Waals surface area (Å²) in [5.41, 5.74) is 3.64. The number of benzene rings is 2. The third-order valence-corrected chi connectivity index (χ3v) is 7.48. The van der Waals surface area contributed by atoms with Gasteiger partial charge in [-0.05, 0) is 78.7 Å². The Morgan fingerprint density at radius 2 is 1.90 bits per heavy atom. The summed E-state index contributed by atoms with van der Waals surface area (Å²) in [4.78, 5) is 12.1. The number of carbonyl (C=O) groups is 1. The minimum Gasteiger partial charge on any atom is -0.299 e. The fourth-order valence-corrected chi connectivity index (χ4v) is 5.48. The minimum atomic E-state index is -3.50. The molecule has 1 saturated carbocycles. The van der Waals surface area contributed by atoms with Gasteiger partial charge in [-0.15, -0.1) is 0 Å². The molecule has 2 aromatic carbocycles. The number of nitrogens with two attached hydrogens (primary N) is 1. The molecule has 0 spiro atoms. The van der Waals surface area contributed by atoms with Crippen molar-refractivity contribution in [1.29, 1.82) is 0 Å². The fraction of sp³-hybridized carbons (Fsp3) is 0.480. The van der Waals surface area contributed by atoms with Gasteiger partial charge in [0.2, 0.25) is 10.0 Å². The lowest BCUT2D eigenvalue weighted by Gasteiger charge is -2.18. The lowest BCUT2D eigenvalue weighted by Crippen LogP contribution is -2.17. The molecule has 1 aliphatic carbocycles. The van der Waals surface area contributed by atoms with E-state index in [1.54, 1.807) is 0 Å². The van der Waals surface area contributed by atoms with Gasteiger partial charge in [0.05, 0.1) is 5.75 Å². The molecule has 0 bridgehead atoms. The quantitative estimate of drug-likeness (QED) is 0.500. The van der Waals surface area contributed by atoms with E-state index >= 15 is 0 Å². The van der Waals surface area contributed by atoms with Crippen molar-refractivity contribution in [3.63, 3.8) is 0 Å². The summed E-state index contributed by atoms with van der Waals surface area (Å²) in [7, 11) is -3.50. The zero-order valence-electron chi connectivity index (χ0n) is 18.1. The van der Waals surface area contributed by atoms with E-state index in [-0.39, 0.29) is 24.4 Å². The maximum absolute atomic E-state index is 12.1. The van der Waals surface area contributed by atoms with Crippen LogP contribution in [0, 0.1) is 5.92 Å². The van der Waals surface area contributed by atoms with Gasteiger partial charge in [0, 0.05) is 17.9 Å². The maximum Gasteiger partial charge on any atom is 0.209 e. The first-order valence-electron chi connectivity index (χ1n) is 11.1. The molecular formula is C25H32ClNO3S. The molecular weight excluding hydrogens is 430 g/mol. The summed E-state index contributed by atoms with van der Waals surface area (Å²) in [5.74, 6) is 1.71. The lowest BCUT2D eigenvalue weighted by molar-refractivity contribution is -0.118. The number of sulfonamides is 1. The molecule has 6 heteroatoms. The van der Waals surface area contributed by atoms with Gasteiger partial charge in [0.25, 0.3) is 0 Å². The van der Waals surface area contributed by atoms with Crippen molar-refractivity contribution in [1.82, 2.24) is 0 Å². The van der Waals surface area contributed by atoms with Gasteiger partial charge in [0.15, 0.2) is 0 Å². The standard InChI is InChI=1S/C25H32ClNO3S/c1-18(22-4-2-5-24(26)17-22)14-20-9-12-23(15-20)21-10-7-19(8-11-21)16-25(28)6-3-13-31(27,29)30/h2,4-5,7-8,10-11,17-18,20,23H,3,6,9,12-16H2,1H3,(H2,27,29,30)/t18-,20+,23+/m0/s1. The summed E-state index contributed by atoms with van der Waals surface area (Å²) in [6.07, 6.45) is 5.72. The van der Waals surface area contributed by atoms with E-state index in [0.29, 0.717) is 18.3 Å². The normalized spacial score (nSPS) is 20.0. The van der Waals surface area contributed by atoms with Crippen molar-refractivity contribution in [2.75, 3.05) is 5.75 Å². The molecule has 2 N–H and O–H groups in total. The van der Waals surface area contributed by atoms with Crippen LogP contribution in [0.1, 0.15) is 74.0 Å². The molecule has 1 aliphatic rings. The molecule has 0 amide bonds. The Bertz CT molecular complexity index is 988. The summed E-state index contributed by atoms with van der Waals surface area (Å²) in [5, 5.41) is 5.78. The molecule has 4 nitrogen and oxygen atoms in total. The molecule has 168 valence electrons. The van der Waals surface area contributed by atoms with Crippen molar-refractivity contribution < 1.29 is 13.2 Å². The zero-order chi connectivity index (χ0) is 22.4. The molecule has 3 rings (SSSR count). The van der Waals surface area contributed by atoms with Crippen LogP contribution in [0.25, 0.3) is 0 Å². The van der Waals surface area contributed by atoms with Crippen LogP contribution in [-0.4, -0.2) is 20.0 Å². The van der Waals surface area contributed by atoms with Crippen molar-refractivity contribution in [2.45, 2.75) is 63.7 Å². The van der Waals surface area contributed by atoms with Crippen LogP contribution in [0.15, 0.2) is 48.5 Å². The number of Topliss-reactive ketones (excluding diaryl/α,β-unsaturated/α-hetero) is 1. The molecule has 0 heterocycles. The third kappa shape index (κ3) is 7.74.